The Bertz CT molecular complexity index is 1700. The minimum Gasteiger partial charge on any atom is -0.462 e. The molecule has 1 saturated heterocycles. The Morgan fingerprint density at radius 2 is 1.06 bits per heavy atom. The van der Waals surface area contributed by atoms with E-state index in [-0.39, 0.29) is 18.7 Å². The second-order valence-electron chi connectivity index (χ2n) is 20.1. The number of phosphoric ester groups is 2. The maximum absolute atomic E-state index is 12.9. The minimum atomic E-state index is -5.42. The van der Waals surface area contributed by atoms with Crippen molar-refractivity contribution in [1.82, 2.24) is 9.55 Å². The number of ether oxygens (including phenoxy) is 3. The number of hydrogen-bond donors (Lipinski definition) is 5. The zero-order valence-corrected chi connectivity index (χ0v) is 45.0. The van der Waals surface area contributed by atoms with Gasteiger partial charge in [0.2, 0.25) is 0 Å². The fourth-order valence-electron chi connectivity index (χ4n) is 8.39. The van der Waals surface area contributed by atoms with E-state index in [0.717, 1.165) is 67.8 Å². The van der Waals surface area contributed by atoms with Gasteiger partial charge in [-0.3, -0.25) is 23.2 Å². The number of aliphatic hydroxyl groups excluding tert-OH is 2. The van der Waals surface area contributed by atoms with E-state index < -0.39 is 83.7 Å². The van der Waals surface area contributed by atoms with Gasteiger partial charge in [0.1, 0.15) is 30.7 Å². The first kappa shape index (κ1) is 63.9. The zero-order chi connectivity index (χ0) is 51.6. The lowest BCUT2D eigenvalue weighted by Gasteiger charge is -2.21. The molecule has 0 saturated carbocycles. The summed E-state index contributed by atoms with van der Waals surface area (Å²) in [5, 5.41) is 20.9. The Kier molecular flexibility index (Phi) is 34.2. The maximum Gasteiger partial charge on any atom is 0.481 e. The van der Waals surface area contributed by atoms with E-state index in [9.17, 15) is 43.5 Å². The summed E-state index contributed by atoms with van der Waals surface area (Å²) in [6.07, 6.45) is 26.4. The molecule has 1 aliphatic heterocycles. The van der Waals surface area contributed by atoms with Crippen molar-refractivity contribution in [2.24, 2.45) is 11.8 Å². The lowest BCUT2D eigenvalue weighted by Crippen LogP contribution is -2.36. The van der Waals surface area contributed by atoms with Gasteiger partial charge in [0.25, 0.3) is 0 Å². The quantitative estimate of drug-likeness (QED) is 0.0231. The fraction of sp³-hybridized carbons (Fsp3) is 0.880. The first-order valence-electron chi connectivity index (χ1n) is 26.8. The summed E-state index contributed by atoms with van der Waals surface area (Å²) >= 11 is 0. The van der Waals surface area contributed by atoms with Crippen LogP contribution in [-0.2, 0) is 46.3 Å². The number of carbonyl (C=O) groups is 2. The number of esters is 2. The first-order chi connectivity index (χ1) is 33.4. The number of anilines is 1. The van der Waals surface area contributed by atoms with E-state index in [1.807, 2.05) is 0 Å². The topological polar surface area (TPSA) is 265 Å². The molecule has 0 radical (unpaired) electrons. The molecule has 1 aromatic heterocycles. The Morgan fingerprint density at radius 3 is 1.50 bits per heavy atom. The van der Waals surface area contributed by atoms with Gasteiger partial charge in [0.05, 0.1) is 13.2 Å². The number of phosphoric acid groups is 2. The van der Waals surface area contributed by atoms with Crippen LogP contribution in [0.3, 0.4) is 0 Å². The van der Waals surface area contributed by atoms with Gasteiger partial charge in [-0.15, -0.1) is 0 Å². The summed E-state index contributed by atoms with van der Waals surface area (Å²) in [7, 11) is -10.8. The Hall–Kier alpha value is -2.24. The van der Waals surface area contributed by atoms with Crippen LogP contribution in [0.1, 0.15) is 227 Å². The summed E-state index contributed by atoms with van der Waals surface area (Å²) in [4.78, 5) is 61.9. The maximum atomic E-state index is 12.9. The molecule has 0 aromatic carbocycles. The van der Waals surface area contributed by atoms with Crippen LogP contribution in [-0.4, -0.2) is 85.7 Å². The van der Waals surface area contributed by atoms with Crippen LogP contribution in [0.25, 0.3) is 0 Å². The monoisotopic (exact) mass is 1040 g/mol. The van der Waals surface area contributed by atoms with E-state index >= 15 is 0 Å². The normalized spacial score (nSPS) is 19.3. The van der Waals surface area contributed by atoms with Crippen molar-refractivity contribution >= 4 is 33.4 Å². The largest absolute Gasteiger partial charge is 0.481 e. The molecule has 0 bridgehead atoms. The standard InChI is InChI=1S/C50H93N3O15P2/c1-40(2)31-27-23-19-15-13-11-9-7-5-6-8-10-12-14-16-22-26-30-34-46(55)66-42(37-63-45(54)33-29-25-21-18-17-20-24-28-32-41(3)4)38-64-69(59,60)68-70(61,62)65-39-43-47(56)48(57)49(67-43)53-36-35-44(51)52-50(53)58/h35-36,40-43,47-49,56-57H,5-34,37-39H2,1-4H3,(H,59,60)(H,61,62)(H2,51,52,58)/t42-,43-,47+,48?,49-/m1/s1. The van der Waals surface area contributed by atoms with Crippen molar-refractivity contribution in [1.29, 1.82) is 0 Å². The van der Waals surface area contributed by atoms with Crippen LogP contribution in [0, 0.1) is 11.8 Å². The molecule has 18 nitrogen and oxygen atoms in total. The molecule has 0 amide bonds. The summed E-state index contributed by atoms with van der Waals surface area (Å²) in [5.74, 6) is 0.263. The van der Waals surface area contributed by atoms with Crippen LogP contribution in [0.5, 0.6) is 0 Å². The number of nitrogens with two attached hydrogens (primary N) is 1. The number of nitrogens with zero attached hydrogens (tertiary/aromatic N) is 2. The Balaban J connectivity index is 1.74. The predicted octanol–water partition coefficient (Wildman–Crippen LogP) is 11.2. The van der Waals surface area contributed by atoms with Crippen molar-refractivity contribution in [3.63, 3.8) is 0 Å². The summed E-state index contributed by atoms with van der Waals surface area (Å²) < 4.78 is 56.8. The summed E-state index contributed by atoms with van der Waals surface area (Å²) in [6, 6.07) is 1.25. The molecule has 1 aliphatic rings. The molecular formula is C50H93N3O15P2. The zero-order valence-electron chi connectivity index (χ0n) is 43.2. The van der Waals surface area contributed by atoms with Crippen LogP contribution in [0.2, 0.25) is 0 Å². The van der Waals surface area contributed by atoms with Crippen molar-refractivity contribution in [3.8, 4) is 0 Å². The lowest BCUT2D eigenvalue weighted by atomic mass is 10.0. The summed E-state index contributed by atoms with van der Waals surface area (Å²) in [6.45, 7) is 6.78. The van der Waals surface area contributed by atoms with E-state index in [1.165, 1.54) is 128 Å². The van der Waals surface area contributed by atoms with Gasteiger partial charge in [-0.05, 0) is 30.7 Å². The molecule has 20 heteroatoms. The van der Waals surface area contributed by atoms with Gasteiger partial charge in [-0.1, -0.05) is 195 Å². The highest BCUT2D eigenvalue weighted by Crippen LogP contribution is 2.60. The highest BCUT2D eigenvalue weighted by Gasteiger charge is 2.46. The van der Waals surface area contributed by atoms with Gasteiger partial charge in [0, 0.05) is 19.0 Å². The molecular weight excluding hydrogens is 945 g/mol. The molecule has 2 rings (SSSR count). The van der Waals surface area contributed by atoms with E-state index in [0.29, 0.717) is 12.8 Å². The third-order valence-corrected chi connectivity index (χ3v) is 15.1. The number of nitrogen functional groups attached to an aromatic ring is 1. The van der Waals surface area contributed by atoms with Crippen LogP contribution in [0.15, 0.2) is 17.1 Å². The van der Waals surface area contributed by atoms with Crippen molar-refractivity contribution in [2.75, 3.05) is 25.6 Å². The van der Waals surface area contributed by atoms with Crippen molar-refractivity contribution < 1.29 is 66.3 Å². The molecule has 0 aliphatic carbocycles. The molecule has 3 unspecified atom stereocenters. The number of aromatic nitrogens is 2. The van der Waals surface area contributed by atoms with Gasteiger partial charge in [-0.25, -0.2) is 13.9 Å². The minimum absolute atomic E-state index is 0.0571. The third kappa shape index (κ3) is 31.4. The van der Waals surface area contributed by atoms with E-state index in [2.05, 4.69) is 37.0 Å². The first-order valence-corrected chi connectivity index (χ1v) is 29.8. The number of aliphatic hydroxyl groups is 2. The third-order valence-electron chi connectivity index (χ3n) is 12.5. The lowest BCUT2D eigenvalue weighted by molar-refractivity contribution is -0.161. The Labute approximate surface area is 419 Å². The van der Waals surface area contributed by atoms with Crippen LogP contribution >= 0.6 is 15.6 Å². The number of hydrogen-bond acceptors (Lipinski definition) is 15. The molecule has 408 valence electrons. The number of carbonyl (C=O) groups excluding carboxylic acids is 2. The van der Waals surface area contributed by atoms with E-state index in [1.54, 1.807) is 0 Å². The summed E-state index contributed by atoms with van der Waals surface area (Å²) in [5.41, 5.74) is 4.59. The average Bonchev–Trinajstić information content (AvgIpc) is 3.57. The average molecular weight is 1040 g/mol. The van der Waals surface area contributed by atoms with Gasteiger partial charge in [0.15, 0.2) is 12.3 Å². The number of rotatable bonds is 44. The molecule has 1 aromatic rings. The van der Waals surface area contributed by atoms with Gasteiger partial charge in [-0.2, -0.15) is 9.29 Å². The van der Waals surface area contributed by atoms with Gasteiger partial charge < -0.3 is 39.9 Å². The SMILES string of the molecule is CC(C)CCCCCCCCCCCCCCCCCCCCC(=O)O[C@H](COC(=O)CCCCCCCCCCC(C)C)COP(=O)(O)OP(=O)(O)OC[C@H]1O[C@@H](n2ccc(N)nc2=O)C(O)[C@H]1O. The van der Waals surface area contributed by atoms with Crippen LogP contribution < -0.4 is 11.4 Å². The van der Waals surface area contributed by atoms with Crippen molar-refractivity contribution in [2.45, 2.75) is 251 Å². The van der Waals surface area contributed by atoms with Crippen LogP contribution in [0.4, 0.5) is 5.82 Å². The molecule has 6 N–H and O–H groups in total. The second-order valence-corrected chi connectivity index (χ2v) is 23.1. The predicted molar refractivity (Wildman–Crippen MR) is 270 cm³/mol. The molecule has 0 spiro atoms. The number of unbranched alkanes of at least 4 members (excludes halogenated alkanes) is 24. The highest BCUT2D eigenvalue weighted by molar-refractivity contribution is 7.61. The molecule has 2 heterocycles. The van der Waals surface area contributed by atoms with Crippen molar-refractivity contribution in [3.05, 3.63) is 22.7 Å². The molecule has 70 heavy (non-hydrogen) atoms. The fourth-order valence-corrected chi connectivity index (χ4v) is 10.5. The second kappa shape index (κ2) is 37.5. The van der Waals surface area contributed by atoms with E-state index in [4.69, 9.17) is 29.0 Å². The molecule has 1 fully saturated rings. The highest BCUT2D eigenvalue weighted by atomic mass is 31.3. The molecule has 7 atom stereocenters. The van der Waals surface area contributed by atoms with Gasteiger partial charge >= 0.3 is 33.3 Å². The Morgan fingerprint density at radius 1 is 0.643 bits per heavy atom. The smallest absolute Gasteiger partial charge is 0.462 e.